The molecule has 0 aliphatic carbocycles. The summed E-state index contributed by atoms with van der Waals surface area (Å²) in [5, 5.41) is 0.866. The maximum atomic E-state index is 13.7. The number of amides is 1. The molecule has 166 valence electrons. The van der Waals surface area contributed by atoms with Gasteiger partial charge in [-0.25, -0.2) is 4.98 Å². The summed E-state index contributed by atoms with van der Waals surface area (Å²) in [7, 11) is 1.69. The zero-order chi connectivity index (χ0) is 22.6. The van der Waals surface area contributed by atoms with Crippen molar-refractivity contribution in [1.82, 2.24) is 9.88 Å². The molecule has 2 heterocycles. The van der Waals surface area contributed by atoms with Crippen LogP contribution in [0.2, 0.25) is 0 Å². The molecule has 3 aromatic carbocycles. The van der Waals surface area contributed by atoms with Crippen LogP contribution in [0, 0.1) is 0 Å². The second-order valence-electron chi connectivity index (χ2n) is 7.88. The molecule has 1 aliphatic rings. The third-order valence-electron chi connectivity index (χ3n) is 5.88. The Balaban J connectivity index is 1.41. The van der Waals surface area contributed by atoms with E-state index in [9.17, 15) is 4.79 Å². The van der Waals surface area contributed by atoms with Crippen molar-refractivity contribution in [1.29, 1.82) is 0 Å². The largest absolute Gasteiger partial charge is 0.495 e. The third kappa shape index (κ3) is 4.34. The van der Waals surface area contributed by atoms with Gasteiger partial charge in [-0.05, 0) is 12.1 Å². The van der Waals surface area contributed by atoms with Crippen molar-refractivity contribution in [3.05, 3.63) is 89.8 Å². The van der Waals surface area contributed by atoms with Crippen LogP contribution >= 0.6 is 11.3 Å². The molecule has 1 amide bonds. The van der Waals surface area contributed by atoms with Crippen LogP contribution in [0.15, 0.2) is 84.9 Å². The third-order valence-corrected chi connectivity index (χ3v) is 6.97. The minimum absolute atomic E-state index is 0.0493. The number of thiazole rings is 1. The van der Waals surface area contributed by atoms with E-state index in [0.29, 0.717) is 18.0 Å². The molecule has 4 aromatic rings. The molecule has 0 unspecified atom stereocenters. The van der Waals surface area contributed by atoms with Crippen molar-refractivity contribution in [2.24, 2.45) is 0 Å². The molecule has 0 bridgehead atoms. The van der Waals surface area contributed by atoms with Crippen LogP contribution in [0.3, 0.4) is 0 Å². The average Bonchev–Trinajstić information content (AvgIpc) is 3.35. The normalized spacial score (nSPS) is 13.7. The number of benzene rings is 3. The Morgan fingerprint density at radius 3 is 2.09 bits per heavy atom. The highest BCUT2D eigenvalue weighted by Crippen LogP contribution is 2.35. The molecule has 5 rings (SSSR count). The molecule has 1 fully saturated rings. The molecule has 6 heteroatoms. The predicted octanol–water partition coefficient (Wildman–Crippen LogP) is 5.45. The number of aromatic nitrogens is 1. The molecule has 1 saturated heterocycles. The van der Waals surface area contributed by atoms with Gasteiger partial charge in [-0.2, -0.15) is 0 Å². The molecule has 1 aliphatic heterocycles. The number of methoxy groups -OCH3 is 1. The van der Waals surface area contributed by atoms with E-state index >= 15 is 0 Å². The SMILES string of the molecule is COc1ccccc1N1CCN(C(=O)c2sc(-c3ccccc3)nc2-c2ccccc2)CC1. The fourth-order valence-corrected chi connectivity index (χ4v) is 5.21. The van der Waals surface area contributed by atoms with E-state index in [1.54, 1.807) is 7.11 Å². The maximum absolute atomic E-state index is 13.7. The Morgan fingerprint density at radius 2 is 1.42 bits per heavy atom. The average molecular weight is 456 g/mol. The minimum Gasteiger partial charge on any atom is -0.495 e. The van der Waals surface area contributed by atoms with Gasteiger partial charge in [0.1, 0.15) is 15.6 Å². The van der Waals surface area contributed by atoms with Crippen molar-refractivity contribution >= 4 is 22.9 Å². The number of anilines is 1. The molecule has 0 saturated carbocycles. The Labute approximate surface area is 197 Å². The Kier molecular flexibility index (Phi) is 6.09. The molecule has 0 atom stereocenters. The second kappa shape index (κ2) is 9.46. The Bertz CT molecular complexity index is 1230. The van der Waals surface area contributed by atoms with Crippen molar-refractivity contribution in [2.75, 3.05) is 38.2 Å². The number of rotatable bonds is 5. The summed E-state index contributed by atoms with van der Waals surface area (Å²) in [6.07, 6.45) is 0. The predicted molar refractivity (Wildman–Crippen MR) is 134 cm³/mol. The van der Waals surface area contributed by atoms with Gasteiger partial charge in [0.15, 0.2) is 0 Å². The summed E-state index contributed by atoms with van der Waals surface area (Å²) in [5.74, 6) is 0.909. The molecule has 1 aromatic heterocycles. The Hall–Kier alpha value is -3.64. The second-order valence-corrected chi connectivity index (χ2v) is 8.88. The van der Waals surface area contributed by atoms with E-state index in [1.165, 1.54) is 11.3 Å². The molecule has 5 nitrogen and oxygen atoms in total. The van der Waals surface area contributed by atoms with E-state index in [2.05, 4.69) is 11.0 Å². The van der Waals surface area contributed by atoms with Crippen LogP contribution in [0.1, 0.15) is 9.67 Å². The van der Waals surface area contributed by atoms with Crippen molar-refractivity contribution in [3.63, 3.8) is 0 Å². The first kappa shape index (κ1) is 21.2. The number of nitrogens with zero attached hydrogens (tertiary/aromatic N) is 3. The van der Waals surface area contributed by atoms with Gasteiger partial charge in [0.25, 0.3) is 5.91 Å². The number of para-hydroxylation sites is 2. The van der Waals surface area contributed by atoms with E-state index in [1.807, 2.05) is 83.8 Å². The zero-order valence-corrected chi connectivity index (χ0v) is 19.3. The first-order chi connectivity index (χ1) is 16.2. The highest BCUT2D eigenvalue weighted by Gasteiger charge is 2.28. The van der Waals surface area contributed by atoms with Crippen LogP contribution in [0.5, 0.6) is 5.75 Å². The van der Waals surface area contributed by atoms with E-state index in [0.717, 1.165) is 46.4 Å². The lowest BCUT2D eigenvalue weighted by molar-refractivity contribution is 0.0752. The van der Waals surface area contributed by atoms with Crippen molar-refractivity contribution < 1.29 is 9.53 Å². The number of ether oxygens (including phenoxy) is 1. The monoisotopic (exact) mass is 455 g/mol. The van der Waals surface area contributed by atoms with Gasteiger partial charge < -0.3 is 14.5 Å². The Morgan fingerprint density at radius 1 is 0.818 bits per heavy atom. The van der Waals surface area contributed by atoms with Crippen molar-refractivity contribution in [3.8, 4) is 27.6 Å². The van der Waals surface area contributed by atoms with E-state index in [4.69, 9.17) is 9.72 Å². The van der Waals surface area contributed by atoms with Gasteiger partial charge in [0.05, 0.1) is 18.5 Å². The van der Waals surface area contributed by atoms with Crippen LogP contribution < -0.4 is 9.64 Å². The van der Waals surface area contributed by atoms with Gasteiger partial charge in [-0.15, -0.1) is 11.3 Å². The molecule has 33 heavy (non-hydrogen) atoms. The standard InChI is InChI=1S/C27H25N3O2S/c1-32-23-15-9-8-14-22(23)29-16-18-30(19-17-29)27(31)25-24(20-10-4-2-5-11-20)28-26(33-25)21-12-6-3-7-13-21/h2-15H,16-19H2,1H3. The number of hydrogen-bond acceptors (Lipinski definition) is 5. The summed E-state index contributed by atoms with van der Waals surface area (Å²) in [6, 6.07) is 28.1. The highest BCUT2D eigenvalue weighted by atomic mass is 32.1. The van der Waals surface area contributed by atoms with Gasteiger partial charge >= 0.3 is 0 Å². The van der Waals surface area contributed by atoms with E-state index in [-0.39, 0.29) is 5.91 Å². The van der Waals surface area contributed by atoms with Crippen LogP contribution in [-0.4, -0.2) is 49.1 Å². The summed E-state index contributed by atoms with van der Waals surface area (Å²) >= 11 is 1.48. The van der Waals surface area contributed by atoms with Gasteiger partial charge in [0.2, 0.25) is 0 Å². The number of carbonyl (C=O) groups excluding carboxylic acids is 1. The molecular formula is C27H25N3O2S. The molecule has 0 spiro atoms. The van der Waals surface area contributed by atoms with Gasteiger partial charge in [-0.1, -0.05) is 72.8 Å². The molecule has 0 radical (unpaired) electrons. The highest BCUT2D eigenvalue weighted by molar-refractivity contribution is 7.17. The smallest absolute Gasteiger partial charge is 0.266 e. The summed E-state index contributed by atoms with van der Waals surface area (Å²) in [5.41, 5.74) is 3.82. The van der Waals surface area contributed by atoms with Crippen LogP contribution in [-0.2, 0) is 0 Å². The minimum atomic E-state index is 0.0493. The quantitative estimate of drug-likeness (QED) is 0.402. The first-order valence-corrected chi connectivity index (χ1v) is 11.8. The topological polar surface area (TPSA) is 45.7 Å². The zero-order valence-electron chi connectivity index (χ0n) is 18.5. The van der Waals surface area contributed by atoms with Crippen LogP contribution in [0.4, 0.5) is 5.69 Å². The number of carbonyl (C=O) groups is 1. The van der Waals surface area contributed by atoms with Gasteiger partial charge in [0, 0.05) is 37.3 Å². The lowest BCUT2D eigenvalue weighted by Gasteiger charge is -2.36. The lowest BCUT2D eigenvalue weighted by atomic mass is 10.1. The number of hydrogen-bond donors (Lipinski definition) is 0. The van der Waals surface area contributed by atoms with Crippen molar-refractivity contribution in [2.45, 2.75) is 0 Å². The summed E-state index contributed by atoms with van der Waals surface area (Å²) in [6.45, 7) is 2.83. The summed E-state index contributed by atoms with van der Waals surface area (Å²) < 4.78 is 5.52. The fraction of sp³-hybridized carbons (Fsp3) is 0.185. The summed E-state index contributed by atoms with van der Waals surface area (Å²) in [4.78, 5) is 23.5. The maximum Gasteiger partial charge on any atom is 0.266 e. The van der Waals surface area contributed by atoms with Gasteiger partial charge in [-0.3, -0.25) is 4.79 Å². The molecular weight excluding hydrogens is 430 g/mol. The molecule has 0 N–H and O–H groups in total. The first-order valence-electron chi connectivity index (χ1n) is 11.0. The number of piperazine rings is 1. The van der Waals surface area contributed by atoms with Crippen LogP contribution in [0.25, 0.3) is 21.8 Å². The van der Waals surface area contributed by atoms with E-state index < -0.39 is 0 Å². The fourth-order valence-electron chi connectivity index (χ4n) is 4.15. The lowest BCUT2D eigenvalue weighted by Crippen LogP contribution is -2.48.